The minimum Gasteiger partial charge on any atom is -0.375 e. The van der Waals surface area contributed by atoms with E-state index < -0.39 is 0 Å². The number of anilines is 1. The zero-order valence-electron chi connectivity index (χ0n) is 11.5. The van der Waals surface area contributed by atoms with Crippen LogP contribution < -0.4 is 5.73 Å². The van der Waals surface area contributed by atoms with E-state index in [4.69, 9.17) is 10.5 Å². The summed E-state index contributed by atoms with van der Waals surface area (Å²) >= 11 is 3.22. The number of benzene rings is 1. The van der Waals surface area contributed by atoms with E-state index in [9.17, 15) is 4.39 Å². The number of nitrogen functional groups attached to an aromatic ring is 1. The third-order valence-corrected chi connectivity index (χ3v) is 4.40. The van der Waals surface area contributed by atoms with E-state index in [1.807, 2.05) is 4.57 Å². The molecule has 3 rings (SSSR count). The minimum absolute atomic E-state index is 0.177. The van der Waals surface area contributed by atoms with Crippen LogP contribution in [0.15, 0.2) is 16.6 Å². The number of imidazole rings is 1. The van der Waals surface area contributed by atoms with Gasteiger partial charge in [-0.3, -0.25) is 0 Å². The summed E-state index contributed by atoms with van der Waals surface area (Å²) in [4.78, 5) is 4.28. The van der Waals surface area contributed by atoms with Gasteiger partial charge >= 0.3 is 0 Å². The molecule has 6 heteroatoms. The summed E-state index contributed by atoms with van der Waals surface area (Å²) in [7, 11) is 0. The number of nitrogens with zero attached hydrogens (tertiary/aromatic N) is 2. The molecule has 4 nitrogen and oxygen atoms in total. The van der Waals surface area contributed by atoms with Crippen molar-refractivity contribution in [3.63, 3.8) is 0 Å². The molecule has 1 saturated heterocycles. The lowest BCUT2D eigenvalue weighted by molar-refractivity contribution is -0.0682. The minimum atomic E-state index is -0.325. The van der Waals surface area contributed by atoms with Crippen molar-refractivity contribution in [1.29, 1.82) is 0 Å². The highest BCUT2D eigenvalue weighted by molar-refractivity contribution is 9.10. The highest BCUT2D eigenvalue weighted by Gasteiger charge is 2.31. The van der Waals surface area contributed by atoms with E-state index in [1.165, 1.54) is 6.07 Å². The molecule has 2 aromatic rings. The molecule has 1 atom stereocenters. The second kappa shape index (κ2) is 4.70. The molecule has 0 spiro atoms. The highest BCUT2D eigenvalue weighted by Crippen LogP contribution is 2.36. The van der Waals surface area contributed by atoms with Gasteiger partial charge in [-0.25, -0.2) is 9.37 Å². The van der Waals surface area contributed by atoms with Gasteiger partial charge in [0.15, 0.2) is 0 Å². The molecule has 0 aliphatic carbocycles. The number of hydrogen-bond donors (Lipinski definition) is 1. The van der Waals surface area contributed by atoms with Gasteiger partial charge in [-0.2, -0.15) is 0 Å². The van der Waals surface area contributed by atoms with E-state index in [0.29, 0.717) is 22.5 Å². The summed E-state index contributed by atoms with van der Waals surface area (Å²) in [5, 5.41) is 0. The Morgan fingerprint density at radius 3 is 2.95 bits per heavy atom. The Morgan fingerprint density at radius 2 is 2.25 bits per heavy atom. The average molecular weight is 342 g/mol. The fraction of sp³-hybridized carbons (Fsp3) is 0.500. The van der Waals surface area contributed by atoms with E-state index in [2.05, 4.69) is 34.8 Å². The largest absolute Gasteiger partial charge is 0.375 e. The summed E-state index contributed by atoms with van der Waals surface area (Å²) in [5.74, 6) is 0.106. The van der Waals surface area contributed by atoms with Gasteiger partial charge < -0.3 is 15.0 Å². The fourth-order valence-electron chi connectivity index (χ4n) is 2.91. The lowest BCUT2D eigenvalue weighted by atomic mass is 9.93. The fourth-order valence-corrected chi connectivity index (χ4v) is 3.24. The first-order valence-electron chi connectivity index (χ1n) is 6.64. The summed E-state index contributed by atoms with van der Waals surface area (Å²) in [6.07, 6.45) is 1.74. The number of aromatic nitrogens is 2. The lowest BCUT2D eigenvalue weighted by Gasteiger charge is -2.36. The van der Waals surface area contributed by atoms with Crippen LogP contribution in [0.3, 0.4) is 0 Å². The Kier molecular flexibility index (Phi) is 3.25. The smallest absolute Gasteiger partial charge is 0.201 e. The molecular formula is C14H17BrFN3O. The monoisotopic (exact) mass is 341 g/mol. The quantitative estimate of drug-likeness (QED) is 0.861. The van der Waals surface area contributed by atoms with E-state index in [-0.39, 0.29) is 17.5 Å². The Morgan fingerprint density at radius 1 is 1.50 bits per heavy atom. The van der Waals surface area contributed by atoms with Crippen LogP contribution in [-0.4, -0.2) is 21.8 Å². The Labute approximate surface area is 125 Å². The number of fused-ring (bicyclic) bond motifs is 1. The van der Waals surface area contributed by atoms with Crippen LogP contribution in [0, 0.1) is 5.82 Å². The van der Waals surface area contributed by atoms with Crippen molar-refractivity contribution < 1.29 is 9.13 Å². The molecule has 1 aliphatic heterocycles. The first-order valence-corrected chi connectivity index (χ1v) is 7.43. The van der Waals surface area contributed by atoms with Crippen LogP contribution in [0.4, 0.5) is 10.3 Å². The molecule has 1 unspecified atom stereocenters. The van der Waals surface area contributed by atoms with Crippen molar-refractivity contribution in [3.05, 3.63) is 22.4 Å². The second-order valence-corrected chi connectivity index (χ2v) is 6.70. The first kappa shape index (κ1) is 13.8. The SMILES string of the molecule is CC1(C)CC(n2c(N)nc3cc(F)c(Br)cc32)CCO1. The maximum atomic E-state index is 13.6. The zero-order valence-corrected chi connectivity index (χ0v) is 13.1. The molecule has 20 heavy (non-hydrogen) atoms. The third kappa shape index (κ3) is 2.31. The summed E-state index contributed by atoms with van der Waals surface area (Å²) in [6.45, 7) is 4.84. The molecule has 0 saturated carbocycles. The first-order chi connectivity index (χ1) is 9.37. The summed E-state index contributed by atoms with van der Waals surface area (Å²) in [6, 6.07) is 3.38. The van der Waals surface area contributed by atoms with Crippen molar-refractivity contribution in [3.8, 4) is 0 Å². The molecule has 2 N–H and O–H groups in total. The highest BCUT2D eigenvalue weighted by atomic mass is 79.9. The predicted octanol–water partition coefficient (Wildman–Crippen LogP) is 3.65. The standard InChI is InChI=1S/C14H17BrFN3O/c1-14(2)7-8(3-4-20-14)19-12-5-9(15)10(16)6-11(12)18-13(19)17/h5-6,8H,3-4,7H2,1-2H3,(H2,17,18). The molecule has 1 fully saturated rings. The zero-order chi connectivity index (χ0) is 14.5. The molecule has 0 radical (unpaired) electrons. The molecule has 2 heterocycles. The van der Waals surface area contributed by atoms with Crippen LogP contribution in [0.25, 0.3) is 11.0 Å². The van der Waals surface area contributed by atoms with Gasteiger partial charge in [-0.1, -0.05) is 0 Å². The van der Waals surface area contributed by atoms with Crippen molar-refractivity contribution in [2.45, 2.75) is 38.3 Å². The van der Waals surface area contributed by atoms with Crippen molar-refractivity contribution in [1.82, 2.24) is 9.55 Å². The van der Waals surface area contributed by atoms with Crippen molar-refractivity contribution >= 4 is 32.9 Å². The Balaban J connectivity index is 2.11. The van der Waals surface area contributed by atoms with Gasteiger partial charge in [0.1, 0.15) is 5.82 Å². The predicted molar refractivity (Wildman–Crippen MR) is 80.1 cm³/mol. The number of nitrogens with two attached hydrogens (primary N) is 1. The van der Waals surface area contributed by atoms with Gasteiger partial charge in [-0.15, -0.1) is 0 Å². The van der Waals surface area contributed by atoms with Gasteiger partial charge in [0.05, 0.1) is 21.1 Å². The molecule has 1 aliphatic rings. The van der Waals surface area contributed by atoms with Crippen LogP contribution in [0.1, 0.15) is 32.7 Å². The number of halogens is 2. The van der Waals surface area contributed by atoms with Gasteiger partial charge in [0.2, 0.25) is 5.95 Å². The van der Waals surface area contributed by atoms with Gasteiger partial charge in [-0.05, 0) is 48.7 Å². The molecule has 0 bridgehead atoms. The summed E-state index contributed by atoms with van der Waals surface area (Å²) < 4.78 is 21.8. The third-order valence-electron chi connectivity index (χ3n) is 3.80. The number of rotatable bonds is 1. The normalized spacial score (nSPS) is 22.3. The van der Waals surface area contributed by atoms with Crippen LogP contribution in [0.2, 0.25) is 0 Å². The maximum absolute atomic E-state index is 13.6. The maximum Gasteiger partial charge on any atom is 0.201 e. The molecular weight excluding hydrogens is 325 g/mol. The van der Waals surface area contributed by atoms with E-state index in [0.717, 1.165) is 18.4 Å². The molecule has 108 valence electrons. The van der Waals surface area contributed by atoms with Crippen LogP contribution >= 0.6 is 15.9 Å². The van der Waals surface area contributed by atoms with Gasteiger partial charge in [0.25, 0.3) is 0 Å². The van der Waals surface area contributed by atoms with Crippen molar-refractivity contribution in [2.75, 3.05) is 12.3 Å². The molecule has 1 aromatic carbocycles. The molecule has 0 amide bonds. The van der Waals surface area contributed by atoms with Crippen molar-refractivity contribution in [2.24, 2.45) is 0 Å². The van der Waals surface area contributed by atoms with Crippen LogP contribution in [-0.2, 0) is 4.74 Å². The lowest BCUT2D eigenvalue weighted by Crippen LogP contribution is -2.35. The number of hydrogen-bond acceptors (Lipinski definition) is 3. The Hall–Kier alpha value is -1.14. The van der Waals surface area contributed by atoms with E-state index in [1.54, 1.807) is 6.07 Å². The van der Waals surface area contributed by atoms with Gasteiger partial charge in [0, 0.05) is 18.7 Å². The van der Waals surface area contributed by atoms with E-state index >= 15 is 0 Å². The molecule has 1 aromatic heterocycles. The Bertz CT molecular complexity index is 668. The van der Waals surface area contributed by atoms with Crippen LogP contribution in [0.5, 0.6) is 0 Å². The number of ether oxygens (including phenoxy) is 1. The topological polar surface area (TPSA) is 53.1 Å². The average Bonchev–Trinajstić information content (AvgIpc) is 2.64. The summed E-state index contributed by atoms with van der Waals surface area (Å²) in [5.41, 5.74) is 7.32. The second-order valence-electron chi connectivity index (χ2n) is 5.85.